The predicted octanol–water partition coefficient (Wildman–Crippen LogP) is 1.99. The Bertz CT molecular complexity index is 689. The number of amides is 1. The van der Waals surface area contributed by atoms with Gasteiger partial charge in [0.15, 0.2) is 5.96 Å². The van der Waals surface area contributed by atoms with Gasteiger partial charge in [-0.15, -0.1) is 0 Å². The quantitative estimate of drug-likeness (QED) is 0.325. The Morgan fingerprint density at radius 2 is 1.94 bits per heavy atom. The van der Waals surface area contributed by atoms with Crippen molar-refractivity contribution < 1.29 is 19.1 Å². The van der Waals surface area contributed by atoms with E-state index in [4.69, 9.17) is 9.15 Å². The minimum absolute atomic E-state index is 0.197. The van der Waals surface area contributed by atoms with Crippen LogP contribution in [0.5, 0.6) is 0 Å². The second kappa shape index (κ2) is 11.4. The van der Waals surface area contributed by atoms with Gasteiger partial charge in [-0.2, -0.15) is 0 Å². The Kier molecular flexibility index (Phi) is 9.18. The average molecular weight is 438 g/mol. The molecule has 1 saturated heterocycles. The van der Waals surface area contributed by atoms with Gasteiger partial charge in [-0.25, -0.2) is 9.79 Å². The van der Waals surface area contributed by atoms with Gasteiger partial charge in [0, 0.05) is 39.3 Å². The van der Waals surface area contributed by atoms with Crippen molar-refractivity contribution in [1.82, 2.24) is 20.4 Å². The van der Waals surface area contributed by atoms with E-state index in [1.54, 1.807) is 30.2 Å². The Morgan fingerprint density at radius 3 is 2.52 bits per heavy atom. The van der Waals surface area contributed by atoms with Crippen LogP contribution < -0.4 is 10.6 Å². The summed E-state index contributed by atoms with van der Waals surface area (Å²) in [5.74, 6) is 1.17. The van der Waals surface area contributed by atoms with Crippen LogP contribution in [-0.4, -0.2) is 84.9 Å². The van der Waals surface area contributed by atoms with Gasteiger partial charge in [0.1, 0.15) is 17.0 Å². The molecule has 3 N–H and O–H groups in total. The van der Waals surface area contributed by atoms with Crippen LogP contribution in [0.3, 0.4) is 0 Å². The van der Waals surface area contributed by atoms with E-state index in [2.05, 4.69) is 20.5 Å². The third kappa shape index (κ3) is 8.78. The molecule has 9 heteroatoms. The molecule has 1 aromatic heterocycles. The van der Waals surface area contributed by atoms with Gasteiger partial charge in [0.05, 0.1) is 12.8 Å². The van der Waals surface area contributed by atoms with E-state index in [0.29, 0.717) is 24.8 Å². The van der Waals surface area contributed by atoms with Crippen LogP contribution in [0.1, 0.15) is 46.8 Å². The summed E-state index contributed by atoms with van der Waals surface area (Å²) in [7, 11) is 0. The zero-order valence-electron chi connectivity index (χ0n) is 19.6. The maximum Gasteiger partial charge on any atom is 0.410 e. The number of rotatable bonds is 8. The third-order valence-electron chi connectivity index (χ3n) is 4.91. The number of hydrogen-bond acceptors (Lipinski definition) is 6. The average Bonchev–Trinajstić information content (AvgIpc) is 3.24. The number of piperazine rings is 1. The van der Waals surface area contributed by atoms with E-state index in [-0.39, 0.29) is 12.6 Å². The smallest absolute Gasteiger partial charge is 0.410 e. The number of aliphatic imine (C=N–C) groups is 1. The SMILES string of the molecule is CCNC(=NCC(C)(O)c1ccco1)NCCCN1CCN(C(=O)OC(C)(C)C)CC1. The normalized spacial score (nSPS) is 17.9. The molecule has 1 amide bonds. The Labute approximate surface area is 185 Å². The molecule has 0 radical (unpaired) electrons. The minimum atomic E-state index is -1.15. The molecule has 1 aromatic rings. The number of furan rings is 1. The molecule has 31 heavy (non-hydrogen) atoms. The van der Waals surface area contributed by atoms with Crippen LogP contribution in [0.4, 0.5) is 4.79 Å². The van der Waals surface area contributed by atoms with E-state index < -0.39 is 11.2 Å². The Hall–Kier alpha value is -2.26. The Balaban J connectivity index is 1.70. The first-order valence-electron chi connectivity index (χ1n) is 11.1. The van der Waals surface area contributed by atoms with Crippen LogP contribution in [0.15, 0.2) is 27.8 Å². The lowest BCUT2D eigenvalue weighted by Crippen LogP contribution is -2.50. The standard InChI is InChI=1S/C22H39N5O4/c1-6-23-19(25-17-22(5,29)18-9-7-16-30-18)24-10-8-11-26-12-14-27(15-13-26)20(28)31-21(2,3)4/h7,9,16,29H,6,8,10-15,17H2,1-5H3,(H2,23,24,25). The molecule has 1 atom stereocenters. The molecule has 0 aliphatic carbocycles. The van der Waals surface area contributed by atoms with E-state index in [1.807, 2.05) is 27.7 Å². The second-order valence-electron chi connectivity index (χ2n) is 9.04. The summed E-state index contributed by atoms with van der Waals surface area (Å²) in [6, 6.07) is 3.50. The van der Waals surface area contributed by atoms with Crippen LogP contribution in [0.2, 0.25) is 0 Å². The first-order valence-corrected chi connectivity index (χ1v) is 11.1. The molecule has 0 spiro atoms. The highest BCUT2D eigenvalue weighted by atomic mass is 16.6. The first kappa shape index (κ1) is 25.0. The number of nitrogens with one attached hydrogen (secondary N) is 2. The second-order valence-corrected chi connectivity index (χ2v) is 9.04. The molecule has 0 bridgehead atoms. The lowest BCUT2D eigenvalue weighted by Gasteiger charge is -2.35. The van der Waals surface area contributed by atoms with Crippen LogP contribution >= 0.6 is 0 Å². The first-order chi connectivity index (χ1) is 14.6. The topological polar surface area (TPSA) is 103 Å². The van der Waals surface area contributed by atoms with Crippen molar-refractivity contribution in [2.24, 2.45) is 4.99 Å². The van der Waals surface area contributed by atoms with Gasteiger partial charge in [-0.3, -0.25) is 4.90 Å². The number of nitrogens with zero attached hydrogens (tertiary/aromatic N) is 3. The van der Waals surface area contributed by atoms with Gasteiger partial charge >= 0.3 is 6.09 Å². The number of carbonyl (C=O) groups is 1. The molecule has 1 unspecified atom stereocenters. The maximum atomic E-state index is 12.2. The van der Waals surface area contributed by atoms with Crippen molar-refractivity contribution in [3.63, 3.8) is 0 Å². The van der Waals surface area contributed by atoms with Crippen LogP contribution in [-0.2, 0) is 10.3 Å². The van der Waals surface area contributed by atoms with Crippen molar-refractivity contribution >= 4 is 12.1 Å². The van der Waals surface area contributed by atoms with Crippen molar-refractivity contribution in [2.45, 2.75) is 52.2 Å². The van der Waals surface area contributed by atoms with E-state index in [1.165, 1.54) is 0 Å². The summed E-state index contributed by atoms with van der Waals surface area (Å²) < 4.78 is 10.7. The zero-order chi connectivity index (χ0) is 22.9. The van der Waals surface area contributed by atoms with Crippen LogP contribution in [0, 0.1) is 0 Å². The summed E-state index contributed by atoms with van der Waals surface area (Å²) >= 11 is 0. The predicted molar refractivity (Wildman–Crippen MR) is 121 cm³/mol. The fourth-order valence-electron chi connectivity index (χ4n) is 3.23. The lowest BCUT2D eigenvalue weighted by atomic mass is 10.0. The molecule has 1 aliphatic rings. The Morgan fingerprint density at radius 1 is 1.23 bits per heavy atom. The van der Waals surface area contributed by atoms with Crippen molar-refractivity contribution in [1.29, 1.82) is 0 Å². The molecular formula is C22H39N5O4. The van der Waals surface area contributed by atoms with Gasteiger partial charge < -0.3 is 29.8 Å². The van der Waals surface area contributed by atoms with E-state index in [9.17, 15) is 9.90 Å². The van der Waals surface area contributed by atoms with E-state index in [0.717, 1.165) is 39.1 Å². The third-order valence-corrected chi connectivity index (χ3v) is 4.91. The van der Waals surface area contributed by atoms with Gasteiger partial charge in [-0.1, -0.05) is 0 Å². The number of carbonyl (C=O) groups excluding carboxylic acids is 1. The van der Waals surface area contributed by atoms with Crippen molar-refractivity contribution in [2.75, 3.05) is 52.4 Å². The molecule has 2 heterocycles. The summed E-state index contributed by atoms with van der Waals surface area (Å²) in [5, 5.41) is 17.1. The fourth-order valence-corrected chi connectivity index (χ4v) is 3.23. The highest BCUT2D eigenvalue weighted by Gasteiger charge is 2.27. The summed E-state index contributed by atoms with van der Waals surface area (Å²) in [6.07, 6.45) is 2.26. The van der Waals surface area contributed by atoms with Gasteiger partial charge in [-0.05, 0) is 59.7 Å². The molecule has 0 saturated carbocycles. The lowest BCUT2D eigenvalue weighted by molar-refractivity contribution is 0.0145. The molecule has 176 valence electrons. The largest absolute Gasteiger partial charge is 0.466 e. The van der Waals surface area contributed by atoms with Gasteiger partial charge in [0.25, 0.3) is 0 Å². The number of guanidine groups is 1. The molecule has 0 aromatic carbocycles. The van der Waals surface area contributed by atoms with Crippen molar-refractivity contribution in [3.05, 3.63) is 24.2 Å². The maximum absolute atomic E-state index is 12.2. The van der Waals surface area contributed by atoms with Crippen molar-refractivity contribution in [3.8, 4) is 0 Å². The highest BCUT2D eigenvalue weighted by molar-refractivity contribution is 5.79. The highest BCUT2D eigenvalue weighted by Crippen LogP contribution is 2.21. The van der Waals surface area contributed by atoms with Gasteiger partial charge in [0.2, 0.25) is 0 Å². The molecule has 1 aliphatic heterocycles. The molecule has 1 fully saturated rings. The molecule has 9 nitrogen and oxygen atoms in total. The summed E-state index contributed by atoms with van der Waals surface area (Å²) in [4.78, 5) is 20.8. The minimum Gasteiger partial charge on any atom is -0.466 e. The summed E-state index contributed by atoms with van der Waals surface area (Å²) in [6.45, 7) is 15.1. The monoisotopic (exact) mass is 437 g/mol. The van der Waals surface area contributed by atoms with E-state index >= 15 is 0 Å². The zero-order valence-corrected chi connectivity index (χ0v) is 19.6. The number of ether oxygens (including phenoxy) is 1. The number of hydrogen-bond donors (Lipinski definition) is 3. The molecular weight excluding hydrogens is 398 g/mol. The number of aliphatic hydroxyl groups is 1. The van der Waals surface area contributed by atoms with Crippen LogP contribution in [0.25, 0.3) is 0 Å². The molecule has 2 rings (SSSR count). The summed E-state index contributed by atoms with van der Waals surface area (Å²) in [5.41, 5.74) is -1.61. The fraction of sp³-hybridized carbons (Fsp3) is 0.727.